The van der Waals surface area contributed by atoms with Crippen LogP contribution in [0.25, 0.3) is 22.5 Å². The first-order valence-corrected chi connectivity index (χ1v) is 7.83. The Kier molecular flexibility index (Phi) is 3.57. The quantitative estimate of drug-likeness (QED) is 0.615. The van der Waals surface area contributed by atoms with Gasteiger partial charge in [0.25, 0.3) is 0 Å². The van der Waals surface area contributed by atoms with Crippen LogP contribution in [0.4, 0.5) is 0 Å². The second-order valence-electron chi connectivity index (χ2n) is 5.76. The van der Waals surface area contributed by atoms with Crippen LogP contribution < -0.4 is 0 Å². The van der Waals surface area contributed by atoms with E-state index in [9.17, 15) is 9.90 Å². The lowest BCUT2D eigenvalue weighted by Gasteiger charge is -2.04. The molecule has 0 amide bonds. The number of aryl methyl sites for hydroxylation is 1. The Labute approximate surface area is 143 Å². The smallest absolute Gasteiger partial charge is 0.336 e. The Morgan fingerprint density at radius 2 is 2.00 bits per heavy atom. The van der Waals surface area contributed by atoms with Crippen molar-refractivity contribution >= 4 is 17.0 Å². The molecule has 0 atom stereocenters. The Balaban J connectivity index is 1.89. The molecule has 0 bridgehead atoms. The van der Waals surface area contributed by atoms with E-state index in [0.29, 0.717) is 29.0 Å². The van der Waals surface area contributed by atoms with Gasteiger partial charge in [-0.05, 0) is 30.7 Å². The number of carbonyl (C=O) groups is 1. The van der Waals surface area contributed by atoms with Crippen molar-refractivity contribution in [1.82, 2.24) is 14.8 Å². The van der Waals surface area contributed by atoms with Crippen molar-refractivity contribution in [2.24, 2.45) is 0 Å². The van der Waals surface area contributed by atoms with E-state index in [-0.39, 0.29) is 5.56 Å². The molecule has 0 spiro atoms. The number of carboxylic acids is 1. The summed E-state index contributed by atoms with van der Waals surface area (Å²) < 4.78 is 7.13. The summed E-state index contributed by atoms with van der Waals surface area (Å²) >= 11 is 0. The first-order chi connectivity index (χ1) is 12.1. The molecule has 6 heteroatoms. The van der Waals surface area contributed by atoms with Gasteiger partial charge < -0.3 is 9.52 Å². The van der Waals surface area contributed by atoms with Crippen molar-refractivity contribution in [3.05, 3.63) is 71.6 Å². The van der Waals surface area contributed by atoms with Gasteiger partial charge >= 0.3 is 5.97 Å². The molecule has 1 aromatic carbocycles. The zero-order chi connectivity index (χ0) is 17.4. The number of hydrogen-bond donors (Lipinski definition) is 1. The molecule has 4 aromatic rings. The number of carboxylic acid groups (broad SMARTS) is 1. The minimum absolute atomic E-state index is 0.174. The largest absolute Gasteiger partial charge is 0.478 e. The summed E-state index contributed by atoms with van der Waals surface area (Å²) in [6.45, 7) is 2.41. The summed E-state index contributed by atoms with van der Waals surface area (Å²) in [6, 6.07) is 14.9. The maximum Gasteiger partial charge on any atom is 0.336 e. The predicted molar refractivity (Wildman–Crippen MR) is 92.5 cm³/mol. The van der Waals surface area contributed by atoms with Crippen molar-refractivity contribution in [2.75, 3.05) is 0 Å². The fraction of sp³-hybridized carbons (Fsp3) is 0.105. The lowest BCUT2D eigenvalue weighted by Crippen LogP contribution is -2.04. The average Bonchev–Trinajstić information content (AvgIpc) is 3.24. The van der Waals surface area contributed by atoms with Crippen LogP contribution in [0, 0.1) is 6.92 Å². The third-order valence-electron chi connectivity index (χ3n) is 4.14. The Hall–Kier alpha value is -3.41. The highest BCUT2D eigenvalue weighted by Gasteiger charge is 2.20. The van der Waals surface area contributed by atoms with Gasteiger partial charge in [-0.25, -0.2) is 9.78 Å². The zero-order valence-corrected chi connectivity index (χ0v) is 13.5. The number of benzene rings is 1. The average molecular weight is 333 g/mol. The van der Waals surface area contributed by atoms with E-state index in [1.165, 1.54) is 12.3 Å². The van der Waals surface area contributed by atoms with Crippen LogP contribution in [-0.2, 0) is 6.54 Å². The van der Waals surface area contributed by atoms with Crippen LogP contribution in [0.2, 0.25) is 0 Å². The number of hydrogen-bond acceptors (Lipinski definition) is 4. The molecule has 6 nitrogen and oxygen atoms in total. The molecule has 3 aromatic heterocycles. The number of nitrogens with zero attached hydrogens (tertiary/aromatic N) is 3. The van der Waals surface area contributed by atoms with Crippen molar-refractivity contribution in [3.8, 4) is 11.5 Å². The van der Waals surface area contributed by atoms with Crippen LogP contribution in [0.15, 0.2) is 59.2 Å². The number of aromatic carboxylic acids is 1. The molecular weight excluding hydrogens is 318 g/mol. The van der Waals surface area contributed by atoms with Crippen molar-refractivity contribution in [1.29, 1.82) is 0 Å². The minimum Gasteiger partial charge on any atom is -0.478 e. The first-order valence-electron chi connectivity index (χ1n) is 7.83. The molecule has 0 fully saturated rings. The van der Waals surface area contributed by atoms with E-state index >= 15 is 0 Å². The van der Waals surface area contributed by atoms with E-state index in [1.54, 1.807) is 16.8 Å². The summed E-state index contributed by atoms with van der Waals surface area (Å²) in [5.41, 5.74) is 2.89. The fourth-order valence-corrected chi connectivity index (χ4v) is 2.91. The summed E-state index contributed by atoms with van der Waals surface area (Å²) in [4.78, 5) is 16.3. The molecule has 0 aliphatic carbocycles. The number of pyridine rings is 1. The number of rotatable bonds is 4. The third-order valence-corrected chi connectivity index (χ3v) is 4.14. The zero-order valence-electron chi connectivity index (χ0n) is 13.5. The molecule has 0 aliphatic heterocycles. The molecular formula is C19H15N3O3. The van der Waals surface area contributed by atoms with E-state index in [0.717, 1.165) is 11.3 Å². The van der Waals surface area contributed by atoms with Crippen LogP contribution >= 0.6 is 0 Å². The van der Waals surface area contributed by atoms with Crippen LogP contribution in [-0.4, -0.2) is 25.8 Å². The summed E-state index contributed by atoms with van der Waals surface area (Å²) in [6.07, 6.45) is 1.53. The van der Waals surface area contributed by atoms with E-state index < -0.39 is 5.97 Å². The first kappa shape index (κ1) is 15.1. The van der Waals surface area contributed by atoms with Gasteiger partial charge in [-0.1, -0.05) is 30.3 Å². The standard InChI is InChI=1S/C19H15N3O3/c1-12-17-14(19(23)24)10-15(16-8-5-9-25-16)20-18(17)21-22(12)11-13-6-3-2-4-7-13/h2-10H,11H2,1H3,(H,23,24). The highest BCUT2D eigenvalue weighted by Crippen LogP contribution is 2.27. The number of furan rings is 1. The van der Waals surface area contributed by atoms with Crippen LogP contribution in [0.3, 0.4) is 0 Å². The molecule has 0 aliphatic rings. The van der Waals surface area contributed by atoms with Gasteiger partial charge in [0.05, 0.1) is 23.8 Å². The molecule has 1 N–H and O–H groups in total. The van der Waals surface area contributed by atoms with E-state index in [2.05, 4.69) is 10.1 Å². The molecule has 0 radical (unpaired) electrons. The minimum atomic E-state index is -1.01. The van der Waals surface area contributed by atoms with Crippen molar-refractivity contribution in [3.63, 3.8) is 0 Å². The van der Waals surface area contributed by atoms with Crippen molar-refractivity contribution in [2.45, 2.75) is 13.5 Å². The third kappa shape index (κ3) is 2.67. The lowest BCUT2D eigenvalue weighted by molar-refractivity contribution is 0.0699. The molecule has 0 saturated heterocycles. The Bertz CT molecular complexity index is 1050. The Morgan fingerprint density at radius 1 is 1.20 bits per heavy atom. The summed E-state index contributed by atoms with van der Waals surface area (Å²) in [5, 5.41) is 14.7. The molecule has 4 rings (SSSR count). The fourth-order valence-electron chi connectivity index (χ4n) is 2.91. The normalized spacial score (nSPS) is 11.1. The van der Waals surface area contributed by atoms with Gasteiger partial charge in [-0.3, -0.25) is 4.68 Å². The van der Waals surface area contributed by atoms with E-state index in [1.807, 2.05) is 37.3 Å². The van der Waals surface area contributed by atoms with Gasteiger partial charge in [-0.2, -0.15) is 5.10 Å². The van der Waals surface area contributed by atoms with E-state index in [4.69, 9.17) is 4.42 Å². The van der Waals surface area contributed by atoms with Gasteiger partial charge in [0.15, 0.2) is 11.4 Å². The molecule has 3 heterocycles. The number of fused-ring (bicyclic) bond motifs is 1. The second-order valence-corrected chi connectivity index (χ2v) is 5.76. The topological polar surface area (TPSA) is 81.2 Å². The van der Waals surface area contributed by atoms with Gasteiger partial charge in [0, 0.05) is 5.69 Å². The molecule has 0 saturated carbocycles. The van der Waals surface area contributed by atoms with Gasteiger partial charge in [-0.15, -0.1) is 0 Å². The maximum atomic E-state index is 11.8. The highest BCUT2D eigenvalue weighted by atomic mass is 16.4. The summed E-state index contributed by atoms with van der Waals surface area (Å²) in [5.74, 6) is -0.498. The van der Waals surface area contributed by atoms with Gasteiger partial charge in [0.1, 0.15) is 5.69 Å². The Morgan fingerprint density at radius 3 is 2.68 bits per heavy atom. The highest BCUT2D eigenvalue weighted by molar-refractivity contribution is 6.03. The van der Waals surface area contributed by atoms with Crippen molar-refractivity contribution < 1.29 is 14.3 Å². The second kappa shape index (κ2) is 5.90. The molecule has 25 heavy (non-hydrogen) atoms. The monoisotopic (exact) mass is 333 g/mol. The lowest BCUT2D eigenvalue weighted by atomic mass is 10.1. The van der Waals surface area contributed by atoms with Crippen LogP contribution in [0.5, 0.6) is 0 Å². The molecule has 124 valence electrons. The SMILES string of the molecule is Cc1c2c(C(=O)O)cc(-c3ccco3)nc2nn1Cc1ccccc1. The van der Waals surface area contributed by atoms with Crippen LogP contribution in [0.1, 0.15) is 21.6 Å². The molecule has 0 unspecified atom stereocenters. The maximum absolute atomic E-state index is 11.8. The number of aromatic nitrogens is 3. The van der Waals surface area contributed by atoms with Gasteiger partial charge in [0.2, 0.25) is 0 Å². The summed E-state index contributed by atoms with van der Waals surface area (Å²) in [7, 11) is 0. The predicted octanol–water partition coefficient (Wildman–Crippen LogP) is 3.75.